The molecule has 4 fully saturated rings. The summed E-state index contributed by atoms with van der Waals surface area (Å²) >= 11 is 7.33. The minimum Gasteiger partial charge on any atom is -0.465 e. The molecule has 0 aromatic carbocycles. The summed E-state index contributed by atoms with van der Waals surface area (Å²) in [6, 6.07) is 0.510. The molecule has 140 valence electrons. The summed E-state index contributed by atoms with van der Waals surface area (Å²) < 4.78 is 5.03. The van der Waals surface area contributed by atoms with E-state index in [-0.39, 0.29) is 5.97 Å². The van der Waals surface area contributed by atoms with Crippen LogP contribution in [-0.2, 0) is 17.6 Å². The number of thiophene rings is 1. The van der Waals surface area contributed by atoms with Gasteiger partial charge in [-0.05, 0) is 92.8 Å². The summed E-state index contributed by atoms with van der Waals surface area (Å²) in [5, 5.41) is 8.52. The van der Waals surface area contributed by atoms with Crippen molar-refractivity contribution >= 4 is 39.6 Å². The van der Waals surface area contributed by atoms with E-state index in [2.05, 4.69) is 10.6 Å². The monoisotopic (exact) mass is 390 g/mol. The molecule has 1 aromatic rings. The Hall–Kier alpha value is -1.14. The molecule has 4 saturated carbocycles. The molecule has 5 aliphatic rings. The van der Waals surface area contributed by atoms with Gasteiger partial charge >= 0.3 is 5.97 Å². The number of fused-ring (bicyclic) bond motifs is 1. The third kappa shape index (κ3) is 2.76. The highest BCUT2D eigenvalue weighted by Gasteiger charge is 2.48. The summed E-state index contributed by atoms with van der Waals surface area (Å²) in [7, 11) is 1.45. The van der Waals surface area contributed by atoms with E-state index in [1.54, 1.807) is 11.3 Å². The van der Waals surface area contributed by atoms with Crippen molar-refractivity contribution in [2.24, 2.45) is 23.7 Å². The van der Waals surface area contributed by atoms with Crippen LogP contribution in [-0.4, -0.2) is 24.2 Å². The highest BCUT2D eigenvalue weighted by atomic mass is 32.1. The Bertz CT molecular complexity index is 729. The number of hydrogen-bond donors (Lipinski definition) is 2. The van der Waals surface area contributed by atoms with E-state index in [0.29, 0.717) is 16.7 Å². The molecular formula is C20H26N2O2S2. The Labute approximate surface area is 164 Å². The van der Waals surface area contributed by atoms with Gasteiger partial charge in [-0.15, -0.1) is 11.3 Å². The Morgan fingerprint density at radius 1 is 1.12 bits per heavy atom. The third-order valence-corrected chi connectivity index (χ3v) is 8.49. The molecule has 4 bridgehead atoms. The lowest BCUT2D eigenvalue weighted by Gasteiger charge is -2.54. The summed E-state index contributed by atoms with van der Waals surface area (Å²) in [6.07, 6.45) is 10.1. The molecular weight excluding hydrogens is 364 g/mol. The van der Waals surface area contributed by atoms with Gasteiger partial charge in [0, 0.05) is 10.9 Å². The van der Waals surface area contributed by atoms with Crippen molar-refractivity contribution < 1.29 is 9.53 Å². The van der Waals surface area contributed by atoms with Crippen molar-refractivity contribution in [1.29, 1.82) is 0 Å². The number of methoxy groups -OCH3 is 1. The second kappa shape index (κ2) is 6.48. The van der Waals surface area contributed by atoms with Crippen LogP contribution in [0.1, 0.15) is 59.3 Å². The Kier molecular flexibility index (Phi) is 4.24. The minimum absolute atomic E-state index is 0.246. The standard InChI is InChI=1S/C20H26N2O2S2/c1-24-19(23)16-14-3-2-4-15(14)26-18(16)22-20(25)21-17-12-6-10-5-11(8-12)9-13(17)7-10/h10-13,17H,2-9H2,1H3,(H2,21,22,25). The van der Waals surface area contributed by atoms with E-state index < -0.39 is 0 Å². The van der Waals surface area contributed by atoms with E-state index in [1.165, 1.54) is 49.7 Å². The maximum Gasteiger partial charge on any atom is 0.341 e. The fraction of sp³-hybridized carbons (Fsp3) is 0.700. The highest BCUT2D eigenvalue weighted by Crippen LogP contribution is 2.53. The third-order valence-electron chi connectivity index (χ3n) is 7.06. The van der Waals surface area contributed by atoms with Crippen molar-refractivity contribution in [2.45, 2.75) is 57.4 Å². The number of aryl methyl sites for hydroxylation is 1. The van der Waals surface area contributed by atoms with Crippen LogP contribution in [0, 0.1) is 23.7 Å². The number of carbonyl (C=O) groups is 1. The van der Waals surface area contributed by atoms with Crippen LogP contribution >= 0.6 is 23.6 Å². The van der Waals surface area contributed by atoms with Crippen LogP contribution in [0.3, 0.4) is 0 Å². The van der Waals surface area contributed by atoms with E-state index in [9.17, 15) is 4.79 Å². The fourth-order valence-corrected chi connectivity index (χ4v) is 7.85. The van der Waals surface area contributed by atoms with Gasteiger partial charge in [0.2, 0.25) is 0 Å². The normalized spacial score (nSPS) is 33.8. The first-order valence-electron chi connectivity index (χ1n) is 9.92. The smallest absolute Gasteiger partial charge is 0.341 e. The lowest BCUT2D eigenvalue weighted by molar-refractivity contribution is -0.00665. The van der Waals surface area contributed by atoms with Crippen LogP contribution < -0.4 is 10.6 Å². The first-order valence-corrected chi connectivity index (χ1v) is 11.1. The molecule has 0 atom stereocenters. The van der Waals surface area contributed by atoms with Crippen LogP contribution in [0.5, 0.6) is 0 Å². The molecule has 0 amide bonds. The SMILES string of the molecule is COC(=O)c1c(NC(=S)NC2C3CC4CC(C3)CC2C4)sc2c1CCC2. The molecule has 0 unspecified atom stereocenters. The van der Waals surface area contributed by atoms with Crippen molar-refractivity contribution in [3.8, 4) is 0 Å². The maximum atomic E-state index is 12.3. The first kappa shape index (κ1) is 17.0. The number of nitrogens with one attached hydrogen (secondary N) is 2. The van der Waals surface area contributed by atoms with Gasteiger partial charge in [-0.25, -0.2) is 4.79 Å². The summed E-state index contributed by atoms with van der Waals surface area (Å²) in [4.78, 5) is 13.6. The van der Waals surface area contributed by atoms with Crippen molar-refractivity contribution in [1.82, 2.24) is 5.32 Å². The molecule has 0 aliphatic heterocycles. The number of thiocarbonyl (C=S) groups is 1. The lowest BCUT2D eigenvalue weighted by Crippen LogP contribution is -2.56. The Morgan fingerprint density at radius 3 is 2.46 bits per heavy atom. The molecule has 1 heterocycles. The second-order valence-electron chi connectivity index (χ2n) is 8.61. The molecule has 1 aromatic heterocycles. The molecule has 0 saturated heterocycles. The van der Waals surface area contributed by atoms with Crippen molar-refractivity contribution in [3.63, 3.8) is 0 Å². The fourth-order valence-electron chi connectivity index (χ4n) is 6.26. The van der Waals surface area contributed by atoms with E-state index in [1.807, 2.05) is 0 Å². The van der Waals surface area contributed by atoms with Crippen LogP contribution in [0.4, 0.5) is 5.00 Å². The van der Waals surface area contributed by atoms with Crippen molar-refractivity contribution in [3.05, 3.63) is 16.0 Å². The average molecular weight is 391 g/mol. The maximum absolute atomic E-state index is 12.3. The quantitative estimate of drug-likeness (QED) is 0.600. The van der Waals surface area contributed by atoms with Crippen LogP contribution in [0.2, 0.25) is 0 Å². The molecule has 26 heavy (non-hydrogen) atoms. The van der Waals surface area contributed by atoms with Gasteiger partial charge in [-0.3, -0.25) is 0 Å². The average Bonchev–Trinajstić information content (AvgIpc) is 3.17. The largest absolute Gasteiger partial charge is 0.465 e. The molecule has 6 heteroatoms. The molecule has 6 rings (SSSR count). The number of esters is 1. The topological polar surface area (TPSA) is 50.4 Å². The van der Waals surface area contributed by atoms with Gasteiger partial charge in [-0.2, -0.15) is 0 Å². The zero-order valence-corrected chi connectivity index (χ0v) is 16.8. The van der Waals surface area contributed by atoms with Gasteiger partial charge in [0.05, 0.1) is 12.7 Å². The number of rotatable bonds is 3. The first-order chi connectivity index (χ1) is 12.6. The van der Waals surface area contributed by atoms with Gasteiger partial charge in [0.15, 0.2) is 5.11 Å². The number of anilines is 1. The van der Waals surface area contributed by atoms with Gasteiger partial charge in [0.25, 0.3) is 0 Å². The molecule has 2 N–H and O–H groups in total. The molecule has 5 aliphatic carbocycles. The predicted molar refractivity (Wildman–Crippen MR) is 108 cm³/mol. The van der Waals surface area contributed by atoms with Crippen LogP contribution in [0.15, 0.2) is 0 Å². The predicted octanol–water partition coefficient (Wildman–Crippen LogP) is 4.13. The van der Waals surface area contributed by atoms with E-state index in [4.69, 9.17) is 17.0 Å². The van der Waals surface area contributed by atoms with Gasteiger partial charge in [-0.1, -0.05) is 0 Å². The zero-order chi connectivity index (χ0) is 17.8. The number of carbonyl (C=O) groups excluding carboxylic acids is 1. The minimum atomic E-state index is -0.246. The highest BCUT2D eigenvalue weighted by molar-refractivity contribution is 7.80. The summed E-state index contributed by atoms with van der Waals surface area (Å²) in [5.41, 5.74) is 1.88. The summed E-state index contributed by atoms with van der Waals surface area (Å²) in [5.74, 6) is 3.23. The Morgan fingerprint density at radius 2 is 1.81 bits per heavy atom. The van der Waals surface area contributed by atoms with E-state index in [0.717, 1.165) is 47.9 Å². The Balaban J connectivity index is 1.31. The van der Waals surface area contributed by atoms with Crippen molar-refractivity contribution in [2.75, 3.05) is 12.4 Å². The number of hydrogen-bond acceptors (Lipinski definition) is 4. The number of ether oxygens (including phenoxy) is 1. The molecule has 4 nitrogen and oxygen atoms in total. The van der Waals surface area contributed by atoms with E-state index >= 15 is 0 Å². The zero-order valence-electron chi connectivity index (χ0n) is 15.2. The van der Waals surface area contributed by atoms with Gasteiger partial charge < -0.3 is 15.4 Å². The molecule has 0 spiro atoms. The van der Waals surface area contributed by atoms with Crippen LogP contribution in [0.25, 0.3) is 0 Å². The lowest BCUT2D eigenvalue weighted by atomic mass is 9.54. The molecule has 0 radical (unpaired) electrons. The van der Waals surface area contributed by atoms with Gasteiger partial charge in [0.1, 0.15) is 5.00 Å². The summed E-state index contributed by atoms with van der Waals surface area (Å²) in [6.45, 7) is 0. The second-order valence-corrected chi connectivity index (χ2v) is 10.1.